The fourth-order valence-corrected chi connectivity index (χ4v) is 2.49. The highest BCUT2D eigenvalue weighted by atomic mass is 32.2. The first-order valence-electron chi connectivity index (χ1n) is 5.53. The van der Waals surface area contributed by atoms with Crippen LogP contribution < -0.4 is 16.4 Å². The van der Waals surface area contributed by atoms with E-state index in [-0.39, 0.29) is 10.6 Å². The Morgan fingerprint density at radius 2 is 2.00 bits per heavy atom. The molecular weight excluding hydrogens is 282 g/mol. The van der Waals surface area contributed by atoms with Crippen LogP contribution in [-0.2, 0) is 14.1 Å². The lowest BCUT2D eigenvalue weighted by Gasteiger charge is -2.11. The Morgan fingerprint density at radius 3 is 2.65 bits per heavy atom. The topological polar surface area (TPSA) is 97.0 Å². The summed E-state index contributed by atoms with van der Waals surface area (Å²) in [4.78, 5) is 38.3. The number of hydrogen-bond donors (Lipinski definition) is 0. The molecular formula is C12H10N3O4S-. The van der Waals surface area contributed by atoms with Crippen LogP contribution in [0.4, 0.5) is 0 Å². The third kappa shape index (κ3) is 2.50. The molecule has 7 nitrogen and oxygen atoms in total. The van der Waals surface area contributed by atoms with E-state index in [1.165, 1.54) is 43.1 Å². The summed E-state index contributed by atoms with van der Waals surface area (Å²) in [6.45, 7) is 0. The number of carboxylic acid groups (broad SMARTS) is 1. The maximum atomic E-state index is 11.8. The Bertz CT molecular complexity index is 794. The smallest absolute Gasteiger partial charge is 0.331 e. The Labute approximate surface area is 117 Å². The monoisotopic (exact) mass is 292 g/mol. The summed E-state index contributed by atoms with van der Waals surface area (Å²) in [5, 5.41) is 11.5. The molecule has 2 aromatic heterocycles. The highest BCUT2D eigenvalue weighted by Gasteiger charge is 2.11. The minimum atomic E-state index is -1.37. The molecule has 104 valence electrons. The molecule has 8 heteroatoms. The van der Waals surface area contributed by atoms with Gasteiger partial charge in [0.1, 0.15) is 5.03 Å². The highest BCUT2D eigenvalue weighted by molar-refractivity contribution is 7.99. The molecule has 0 radical (unpaired) electrons. The van der Waals surface area contributed by atoms with Crippen LogP contribution in [0.1, 0.15) is 10.4 Å². The maximum Gasteiger partial charge on any atom is 0.331 e. The summed E-state index contributed by atoms with van der Waals surface area (Å²) in [5.74, 6) is -1.37. The first-order chi connectivity index (χ1) is 9.41. The largest absolute Gasteiger partial charge is 0.545 e. The summed E-state index contributed by atoms with van der Waals surface area (Å²) in [5.41, 5.74) is -1.06. The fourth-order valence-electron chi connectivity index (χ4n) is 1.54. The SMILES string of the molecule is Cn1c(Sc2ncccc2C(=O)[O-])cc(=O)n(C)c1=O. The molecule has 2 rings (SSSR count). The fraction of sp³-hybridized carbons (Fsp3) is 0.167. The van der Waals surface area contributed by atoms with Gasteiger partial charge in [-0.1, -0.05) is 11.8 Å². The summed E-state index contributed by atoms with van der Waals surface area (Å²) < 4.78 is 2.21. The van der Waals surface area contributed by atoms with Crippen LogP contribution in [0.25, 0.3) is 0 Å². The molecule has 0 saturated carbocycles. The van der Waals surface area contributed by atoms with E-state index in [2.05, 4.69) is 4.98 Å². The van der Waals surface area contributed by atoms with Crippen LogP contribution in [-0.4, -0.2) is 20.1 Å². The normalized spacial score (nSPS) is 10.5. The van der Waals surface area contributed by atoms with E-state index in [0.717, 1.165) is 16.3 Å². The van der Waals surface area contributed by atoms with Gasteiger partial charge in [0, 0.05) is 31.9 Å². The van der Waals surface area contributed by atoms with Crippen molar-refractivity contribution in [3.63, 3.8) is 0 Å². The van der Waals surface area contributed by atoms with Gasteiger partial charge in [0.15, 0.2) is 0 Å². The molecule has 0 spiro atoms. The third-order valence-electron chi connectivity index (χ3n) is 2.67. The second-order valence-corrected chi connectivity index (χ2v) is 4.98. The first-order valence-corrected chi connectivity index (χ1v) is 6.34. The van der Waals surface area contributed by atoms with Crippen LogP contribution in [0.2, 0.25) is 0 Å². The number of carbonyl (C=O) groups excluding carboxylic acids is 1. The molecule has 0 atom stereocenters. The van der Waals surface area contributed by atoms with Gasteiger partial charge in [0.2, 0.25) is 0 Å². The zero-order valence-corrected chi connectivity index (χ0v) is 11.5. The van der Waals surface area contributed by atoms with Crippen LogP contribution in [0.5, 0.6) is 0 Å². The number of aromatic carboxylic acids is 1. The van der Waals surface area contributed by atoms with E-state index in [0.29, 0.717) is 5.03 Å². The van der Waals surface area contributed by atoms with Crippen LogP contribution in [0.3, 0.4) is 0 Å². The second kappa shape index (κ2) is 5.33. The van der Waals surface area contributed by atoms with E-state index >= 15 is 0 Å². The van der Waals surface area contributed by atoms with E-state index in [9.17, 15) is 19.5 Å². The molecule has 0 saturated heterocycles. The van der Waals surface area contributed by atoms with Crippen molar-refractivity contribution in [3.05, 3.63) is 50.8 Å². The molecule has 0 aliphatic carbocycles. The molecule has 2 heterocycles. The predicted molar refractivity (Wildman–Crippen MR) is 69.6 cm³/mol. The van der Waals surface area contributed by atoms with Crippen molar-refractivity contribution in [3.8, 4) is 0 Å². The van der Waals surface area contributed by atoms with Crippen LogP contribution in [0, 0.1) is 0 Å². The zero-order chi connectivity index (χ0) is 14.9. The molecule has 0 aromatic carbocycles. The predicted octanol–water partition coefficient (Wildman–Crippen LogP) is -1.01. The number of carbonyl (C=O) groups is 1. The molecule has 2 aromatic rings. The van der Waals surface area contributed by atoms with Gasteiger partial charge in [-0.15, -0.1) is 0 Å². The minimum absolute atomic E-state index is 0.0920. The van der Waals surface area contributed by atoms with Crippen molar-refractivity contribution in [2.75, 3.05) is 0 Å². The Balaban J connectivity index is 2.54. The van der Waals surface area contributed by atoms with Crippen molar-refractivity contribution in [1.29, 1.82) is 0 Å². The van der Waals surface area contributed by atoms with E-state index in [4.69, 9.17) is 0 Å². The molecule has 0 amide bonds. The summed E-state index contributed by atoms with van der Waals surface area (Å²) in [7, 11) is 2.86. The van der Waals surface area contributed by atoms with E-state index < -0.39 is 17.2 Å². The molecule has 0 N–H and O–H groups in total. The Morgan fingerprint density at radius 1 is 1.30 bits per heavy atom. The first kappa shape index (κ1) is 14.1. The number of carboxylic acids is 1. The number of pyridine rings is 1. The van der Waals surface area contributed by atoms with Crippen molar-refractivity contribution < 1.29 is 9.90 Å². The number of hydrogen-bond acceptors (Lipinski definition) is 6. The van der Waals surface area contributed by atoms with Gasteiger partial charge < -0.3 is 9.90 Å². The highest BCUT2D eigenvalue weighted by Crippen LogP contribution is 2.26. The summed E-state index contributed by atoms with van der Waals surface area (Å²) in [6.07, 6.45) is 1.42. The van der Waals surface area contributed by atoms with Crippen LogP contribution >= 0.6 is 11.8 Å². The zero-order valence-electron chi connectivity index (χ0n) is 10.7. The average Bonchev–Trinajstić information content (AvgIpc) is 2.43. The Hall–Kier alpha value is -2.35. The quantitative estimate of drug-likeness (QED) is 0.673. The van der Waals surface area contributed by atoms with Crippen molar-refractivity contribution in [2.45, 2.75) is 10.1 Å². The molecule has 0 aliphatic rings. The maximum absolute atomic E-state index is 11.8. The standard InChI is InChI=1S/C12H11N3O4S/c1-14-8(16)6-9(15(2)12(14)19)20-10-7(11(17)18)4-3-5-13-10/h3-6H,1-2H3,(H,17,18)/p-1. The summed E-state index contributed by atoms with van der Waals surface area (Å²) >= 11 is 0.924. The van der Waals surface area contributed by atoms with E-state index in [1.807, 2.05) is 0 Å². The van der Waals surface area contributed by atoms with Crippen molar-refractivity contribution in [1.82, 2.24) is 14.1 Å². The number of nitrogens with zero attached hydrogens (tertiary/aromatic N) is 3. The third-order valence-corrected chi connectivity index (χ3v) is 3.79. The molecule has 0 unspecified atom stereocenters. The lowest BCUT2D eigenvalue weighted by molar-refractivity contribution is -0.255. The van der Waals surface area contributed by atoms with Gasteiger partial charge in [0.25, 0.3) is 5.56 Å². The van der Waals surface area contributed by atoms with Gasteiger partial charge in [0.05, 0.1) is 11.0 Å². The average molecular weight is 292 g/mol. The van der Waals surface area contributed by atoms with Gasteiger partial charge >= 0.3 is 5.69 Å². The van der Waals surface area contributed by atoms with Gasteiger partial charge in [-0.2, -0.15) is 0 Å². The Kier molecular flexibility index (Phi) is 3.75. The summed E-state index contributed by atoms with van der Waals surface area (Å²) in [6, 6.07) is 4.07. The van der Waals surface area contributed by atoms with Gasteiger partial charge in [-0.3, -0.25) is 13.9 Å². The minimum Gasteiger partial charge on any atom is -0.545 e. The van der Waals surface area contributed by atoms with Crippen LogP contribution in [0.15, 0.2) is 44.0 Å². The molecule has 20 heavy (non-hydrogen) atoms. The number of rotatable bonds is 3. The van der Waals surface area contributed by atoms with Gasteiger partial charge in [-0.25, -0.2) is 9.78 Å². The lowest BCUT2D eigenvalue weighted by atomic mass is 10.3. The number of aromatic nitrogens is 3. The van der Waals surface area contributed by atoms with Gasteiger partial charge in [-0.05, 0) is 12.1 Å². The molecule has 0 fully saturated rings. The molecule has 0 bridgehead atoms. The lowest BCUT2D eigenvalue weighted by Crippen LogP contribution is -2.37. The molecule has 0 aliphatic heterocycles. The second-order valence-electron chi connectivity index (χ2n) is 3.97. The van der Waals surface area contributed by atoms with Crippen molar-refractivity contribution >= 4 is 17.7 Å². The van der Waals surface area contributed by atoms with E-state index in [1.54, 1.807) is 0 Å². The van der Waals surface area contributed by atoms with Crippen molar-refractivity contribution in [2.24, 2.45) is 14.1 Å².